The minimum Gasteiger partial charge on any atom is -0.397 e. The SMILES string of the molecule is C=C(N)c1ccc(-c2nnc(SCCCN3CC4CCN(c5ccc(F)cc5)C4C3)n2C)cn1. The van der Waals surface area contributed by atoms with Gasteiger partial charge in [0, 0.05) is 55.9 Å². The van der Waals surface area contributed by atoms with Gasteiger partial charge in [-0.1, -0.05) is 18.3 Å². The highest BCUT2D eigenvalue weighted by molar-refractivity contribution is 7.99. The number of halogens is 1. The van der Waals surface area contributed by atoms with Crippen LogP contribution in [0.1, 0.15) is 18.5 Å². The number of nitrogens with zero attached hydrogens (tertiary/aromatic N) is 6. The first-order chi connectivity index (χ1) is 16.5. The molecule has 0 spiro atoms. The predicted octanol–water partition coefficient (Wildman–Crippen LogP) is 3.64. The Kier molecular flexibility index (Phi) is 6.56. The summed E-state index contributed by atoms with van der Waals surface area (Å²) < 4.78 is 15.3. The molecule has 2 unspecified atom stereocenters. The van der Waals surface area contributed by atoms with Gasteiger partial charge in [-0.05, 0) is 61.7 Å². The average molecular weight is 480 g/mol. The number of hydrogen-bond donors (Lipinski definition) is 1. The van der Waals surface area contributed by atoms with Crippen molar-refractivity contribution >= 4 is 23.1 Å². The molecule has 0 amide bonds. The van der Waals surface area contributed by atoms with Crippen LogP contribution in [0.15, 0.2) is 54.3 Å². The maximum Gasteiger partial charge on any atom is 0.191 e. The summed E-state index contributed by atoms with van der Waals surface area (Å²) in [4.78, 5) is 9.38. The van der Waals surface area contributed by atoms with E-state index in [1.807, 2.05) is 35.9 Å². The first-order valence-electron chi connectivity index (χ1n) is 11.7. The normalized spacial score (nSPS) is 20.1. The van der Waals surface area contributed by atoms with Crippen LogP contribution in [0.4, 0.5) is 10.1 Å². The van der Waals surface area contributed by atoms with Crippen LogP contribution in [0.5, 0.6) is 0 Å². The monoisotopic (exact) mass is 479 g/mol. The molecule has 178 valence electrons. The van der Waals surface area contributed by atoms with Gasteiger partial charge in [0.1, 0.15) is 5.82 Å². The molecule has 0 radical (unpaired) electrons. The number of pyridine rings is 1. The Labute approximate surface area is 203 Å². The van der Waals surface area contributed by atoms with Crippen molar-refractivity contribution in [2.45, 2.75) is 24.0 Å². The van der Waals surface area contributed by atoms with Crippen molar-refractivity contribution in [1.82, 2.24) is 24.6 Å². The predicted molar refractivity (Wildman–Crippen MR) is 135 cm³/mol. The average Bonchev–Trinajstić information content (AvgIpc) is 3.52. The molecule has 7 nitrogen and oxygen atoms in total. The number of hydrogen-bond acceptors (Lipinski definition) is 7. The van der Waals surface area contributed by atoms with Crippen molar-refractivity contribution < 1.29 is 4.39 Å². The van der Waals surface area contributed by atoms with E-state index >= 15 is 0 Å². The molecule has 9 heteroatoms. The number of anilines is 1. The lowest BCUT2D eigenvalue weighted by molar-refractivity contribution is 0.319. The number of aromatic nitrogens is 4. The molecule has 4 heterocycles. The van der Waals surface area contributed by atoms with E-state index in [9.17, 15) is 4.39 Å². The second kappa shape index (κ2) is 9.76. The highest BCUT2D eigenvalue weighted by Gasteiger charge is 2.40. The quantitative estimate of drug-likeness (QED) is 0.390. The summed E-state index contributed by atoms with van der Waals surface area (Å²) in [7, 11) is 1.99. The molecular formula is C25H30FN7S. The summed E-state index contributed by atoms with van der Waals surface area (Å²) in [6, 6.07) is 11.3. The molecule has 2 atom stereocenters. The van der Waals surface area contributed by atoms with Crippen LogP contribution in [0, 0.1) is 11.7 Å². The first kappa shape index (κ1) is 22.9. The molecule has 2 N–H and O–H groups in total. The van der Waals surface area contributed by atoms with Gasteiger partial charge < -0.3 is 20.1 Å². The minimum atomic E-state index is -0.174. The third-order valence-corrected chi connectivity index (χ3v) is 7.92. The van der Waals surface area contributed by atoms with Crippen molar-refractivity contribution in [2.24, 2.45) is 18.7 Å². The van der Waals surface area contributed by atoms with Crippen LogP contribution in [-0.2, 0) is 7.05 Å². The van der Waals surface area contributed by atoms with E-state index < -0.39 is 0 Å². The van der Waals surface area contributed by atoms with Crippen LogP contribution >= 0.6 is 11.8 Å². The minimum absolute atomic E-state index is 0.174. The molecule has 2 fully saturated rings. The van der Waals surface area contributed by atoms with Crippen LogP contribution in [0.25, 0.3) is 17.1 Å². The Morgan fingerprint density at radius 1 is 1.18 bits per heavy atom. The van der Waals surface area contributed by atoms with E-state index in [1.54, 1.807) is 30.1 Å². The van der Waals surface area contributed by atoms with Gasteiger partial charge in [0.15, 0.2) is 11.0 Å². The molecule has 5 rings (SSSR count). The second-order valence-electron chi connectivity index (χ2n) is 9.07. The third kappa shape index (κ3) is 4.67. The zero-order valence-electron chi connectivity index (χ0n) is 19.4. The largest absolute Gasteiger partial charge is 0.397 e. The number of nitrogens with two attached hydrogens (primary N) is 1. The van der Waals surface area contributed by atoms with Gasteiger partial charge in [-0.15, -0.1) is 10.2 Å². The smallest absolute Gasteiger partial charge is 0.191 e. The van der Waals surface area contributed by atoms with Gasteiger partial charge in [0.2, 0.25) is 0 Å². The number of fused-ring (bicyclic) bond motifs is 1. The Bertz CT molecular complexity index is 1150. The van der Waals surface area contributed by atoms with Crippen molar-refractivity contribution in [3.8, 4) is 11.4 Å². The highest BCUT2D eigenvalue weighted by atomic mass is 32.2. The van der Waals surface area contributed by atoms with Crippen molar-refractivity contribution in [3.05, 3.63) is 60.7 Å². The third-order valence-electron chi connectivity index (χ3n) is 6.82. The standard InChI is InChI=1S/C25H30FN7S/c1-17(27)22-9-4-18(14-28-22)24-29-30-25(31(24)2)34-13-3-11-32-15-19-10-12-33(23(19)16-32)21-7-5-20(26)6-8-21/h4-9,14,19,23H,1,3,10-13,15-16,27H2,2H3. The molecule has 0 aliphatic carbocycles. The van der Waals surface area contributed by atoms with Gasteiger partial charge >= 0.3 is 0 Å². The molecule has 0 saturated carbocycles. The number of likely N-dealkylation sites (tertiary alicyclic amines) is 1. The lowest BCUT2D eigenvalue weighted by Crippen LogP contribution is -2.35. The maximum atomic E-state index is 13.3. The Morgan fingerprint density at radius 2 is 2.00 bits per heavy atom. The molecule has 2 aromatic heterocycles. The summed E-state index contributed by atoms with van der Waals surface area (Å²) in [5.74, 6) is 2.31. The molecule has 2 saturated heterocycles. The van der Waals surface area contributed by atoms with Crippen molar-refractivity contribution in [1.29, 1.82) is 0 Å². The van der Waals surface area contributed by atoms with Crippen LogP contribution in [-0.4, -0.2) is 62.6 Å². The topological polar surface area (TPSA) is 76.1 Å². The summed E-state index contributed by atoms with van der Waals surface area (Å²) in [5, 5.41) is 9.64. The Balaban J connectivity index is 1.11. The number of rotatable bonds is 8. The molecule has 0 bridgehead atoms. The summed E-state index contributed by atoms with van der Waals surface area (Å²) in [6.45, 7) is 8.10. The van der Waals surface area contributed by atoms with Crippen LogP contribution in [0.3, 0.4) is 0 Å². The lowest BCUT2D eigenvalue weighted by atomic mass is 10.1. The molecule has 2 aliphatic rings. The first-order valence-corrected chi connectivity index (χ1v) is 12.7. The van der Waals surface area contributed by atoms with Crippen molar-refractivity contribution in [2.75, 3.05) is 36.8 Å². The van der Waals surface area contributed by atoms with Crippen LogP contribution in [0.2, 0.25) is 0 Å². The van der Waals surface area contributed by atoms with Crippen LogP contribution < -0.4 is 10.6 Å². The maximum absolute atomic E-state index is 13.3. The lowest BCUT2D eigenvalue weighted by Gasteiger charge is -2.27. The number of benzene rings is 1. The Hall–Kier alpha value is -2.91. The fourth-order valence-electron chi connectivity index (χ4n) is 5.04. The molecule has 2 aliphatic heterocycles. The Morgan fingerprint density at radius 3 is 2.74 bits per heavy atom. The molecule has 1 aromatic carbocycles. The molecule has 3 aromatic rings. The highest BCUT2D eigenvalue weighted by Crippen LogP contribution is 2.35. The van der Waals surface area contributed by atoms with Gasteiger partial charge in [0.05, 0.1) is 11.4 Å². The van der Waals surface area contributed by atoms with Crippen molar-refractivity contribution in [3.63, 3.8) is 0 Å². The molecule has 34 heavy (non-hydrogen) atoms. The molecular weight excluding hydrogens is 449 g/mol. The fourth-order valence-corrected chi connectivity index (χ4v) is 5.88. The number of thioether (sulfide) groups is 1. The zero-order chi connectivity index (χ0) is 23.7. The van der Waals surface area contributed by atoms with Gasteiger partial charge in [-0.25, -0.2) is 4.39 Å². The summed E-state index contributed by atoms with van der Waals surface area (Å²) >= 11 is 1.74. The van der Waals surface area contributed by atoms with Gasteiger partial charge in [0.25, 0.3) is 0 Å². The van der Waals surface area contributed by atoms with E-state index in [0.29, 0.717) is 23.4 Å². The van der Waals surface area contributed by atoms with E-state index in [0.717, 1.165) is 60.6 Å². The van der Waals surface area contributed by atoms with E-state index in [-0.39, 0.29) is 5.82 Å². The van der Waals surface area contributed by atoms with E-state index in [4.69, 9.17) is 5.73 Å². The van der Waals surface area contributed by atoms with E-state index in [2.05, 4.69) is 31.6 Å². The van der Waals surface area contributed by atoms with E-state index in [1.165, 1.54) is 6.42 Å². The fraction of sp³-hybridized carbons (Fsp3) is 0.400. The second-order valence-corrected chi connectivity index (χ2v) is 10.1. The summed E-state index contributed by atoms with van der Waals surface area (Å²) in [5.41, 5.74) is 8.87. The van der Waals surface area contributed by atoms with Gasteiger partial charge in [-0.2, -0.15) is 0 Å². The zero-order valence-corrected chi connectivity index (χ0v) is 20.2. The van der Waals surface area contributed by atoms with Gasteiger partial charge in [-0.3, -0.25) is 4.98 Å². The summed E-state index contributed by atoms with van der Waals surface area (Å²) in [6.07, 6.45) is 4.06.